The number of rotatable bonds is 5. The average Bonchev–Trinajstić information content (AvgIpc) is 3.68. The molecule has 10 heteroatoms. The van der Waals surface area contributed by atoms with Crippen molar-refractivity contribution in [3.63, 3.8) is 0 Å². The summed E-state index contributed by atoms with van der Waals surface area (Å²) in [6, 6.07) is 23.2. The second kappa shape index (κ2) is 12.5. The van der Waals surface area contributed by atoms with Gasteiger partial charge >= 0.3 is 0 Å². The van der Waals surface area contributed by atoms with E-state index in [-0.39, 0.29) is 42.3 Å². The van der Waals surface area contributed by atoms with Crippen molar-refractivity contribution in [3.05, 3.63) is 114 Å². The van der Waals surface area contributed by atoms with Crippen LogP contribution in [0.1, 0.15) is 45.9 Å². The molecule has 5 heterocycles. The molecule has 1 saturated heterocycles. The molecular formula is C40H29N5O5. The quantitative estimate of drug-likeness (QED) is 0.184. The molecule has 2 aliphatic heterocycles. The van der Waals surface area contributed by atoms with Crippen molar-refractivity contribution in [2.45, 2.75) is 25.2 Å². The van der Waals surface area contributed by atoms with E-state index in [0.717, 1.165) is 55.4 Å². The Morgan fingerprint density at radius 2 is 1.86 bits per heavy atom. The van der Waals surface area contributed by atoms with Crippen molar-refractivity contribution in [2.24, 2.45) is 0 Å². The molecule has 3 aromatic carbocycles. The van der Waals surface area contributed by atoms with Crippen LogP contribution < -0.4 is 15.5 Å². The zero-order chi connectivity index (χ0) is 34.4. The summed E-state index contributed by atoms with van der Waals surface area (Å²) in [4.78, 5) is 59.8. The normalized spacial score (nSPS) is 15.5. The van der Waals surface area contributed by atoms with Crippen LogP contribution in [-0.2, 0) is 20.8 Å². The summed E-state index contributed by atoms with van der Waals surface area (Å²) in [6.45, 7) is 0.109. The van der Waals surface area contributed by atoms with Gasteiger partial charge in [0.25, 0.3) is 5.91 Å². The summed E-state index contributed by atoms with van der Waals surface area (Å²) < 4.78 is 5.64. The molecule has 6 aromatic rings. The van der Waals surface area contributed by atoms with Gasteiger partial charge in [0.15, 0.2) is 0 Å². The van der Waals surface area contributed by atoms with E-state index in [2.05, 4.69) is 39.6 Å². The molecule has 0 spiro atoms. The van der Waals surface area contributed by atoms with Crippen LogP contribution in [0.2, 0.25) is 0 Å². The van der Waals surface area contributed by atoms with Crippen LogP contribution in [0.4, 0.5) is 5.69 Å². The molecule has 8 rings (SSSR count). The Kier molecular flexibility index (Phi) is 7.65. The van der Waals surface area contributed by atoms with E-state index in [9.17, 15) is 19.2 Å². The zero-order valence-corrected chi connectivity index (χ0v) is 26.9. The maximum absolute atomic E-state index is 12.8. The fourth-order valence-corrected chi connectivity index (χ4v) is 6.65. The Hall–Kier alpha value is -6.60. The second-order valence-electron chi connectivity index (χ2n) is 12.4. The van der Waals surface area contributed by atoms with E-state index < -0.39 is 5.92 Å². The smallest absolute Gasteiger partial charge is 0.270 e. The first-order valence-electron chi connectivity index (χ1n) is 16.2. The van der Waals surface area contributed by atoms with E-state index in [1.54, 1.807) is 36.5 Å². The van der Waals surface area contributed by atoms with Crippen LogP contribution in [0, 0.1) is 11.8 Å². The maximum atomic E-state index is 12.8. The number of carbonyl (C=O) groups excluding carboxylic acids is 4. The molecule has 0 saturated carbocycles. The van der Waals surface area contributed by atoms with Crippen LogP contribution in [0.3, 0.4) is 0 Å². The highest BCUT2D eigenvalue weighted by Gasteiger charge is 2.30. The Bertz CT molecular complexity index is 2450. The molecule has 0 aliphatic carbocycles. The minimum atomic E-state index is -0.460. The SMILES string of the molecule is CN1C(=O)Cc2cc(-c3cccc4cc(-c5ccc(C(=O)NCC#Cc6ccc7occ(C8CCC(=O)NC8=O)c7c6)nc5)ncc34)ccc21. The average molecular weight is 660 g/mol. The van der Waals surface area contributed by atoms with Gasteiger partial charge in [-0.05, 0) is 77.0 Å². The predicted octanol–water partition coefficient (Wildman–Crippen LogP) is 5.53. The number of fused-ring (bicyclic) bond motifs is 3. The fraction of sp³-hybridized carbons (Fsp3) is 0.150. The number of pyridine rings is 2. The van der Waals surface area contributed by atoms with Crippen molar-refractivity contribution in [2.75, 3.05) is 18.5 Å². The number of furan rings is 1. The first-order chi connectivity index (χ1) is 24.3. The lowest BCUT2D eigenvalue weighted by molar-refractivity contribution is -0.134. The number of nitrogens with zero attached hydrogens (tertiary/aromatic N) is 3. The maximum Gasteiger partial charge on any atom is 0.270 e. The largest absolute Gasteiger partial charge is 0.464 e. The summed E-state index contributed by atoms with van der Waals surface area (Å²) in [5.41, 5.74) is 7.87. The van der Waals surface area contributed by atoms with Crippen molar-refractivity contribution >= 4 is 51.1 Å². The minimum Gasteiger partial charge on any atom is -0.464 e. The van der Waals surface area contributed by atoms with Crippen molar-refractivity contribution in [1.82, 2.24) is 20.6 Å². The number of nitrogens with one attached hydrogen (secondary N) is 2. The number of likely N-dealkylation sites (N-methyl/N-ethyl adjacent to an activating group) is 1. The van der Waals surface area contributed by atoms with E-state index in [4.69, 9.17) is 9.40 Å². The Labute approximate surface area is 286 Å². The number of benzene rings is 3. The number of amides is 4. The number of carbonyl (C=O) groups is 4. The van der Waals surface area contributed by atoms with Gasteiger partial charge in [-0.2, -0.15) is 0 Å². The lowest BCUT2D eigenvalue weighted by atomic mass is 9.90. The van der Waals surface area contributed by atoms with Crippen LogP contribution in [0.5, 0.6) is 0 Å². The third-order valence-electron chi connectivity index (χ3n) is 9.31. The minimum absolute atomic E-state index is 0.0940. The van der Waals surface area contributed by atoms with E-state index >= 15 is 0 Å². The summed E-state index contributed by atoms with van der Waals surface area (Å²) in [5.74, 6) is 4.71. The molecule has 1 atom stereocenters. The number of piperidine rings is 1. The molecule has 4 amide bonds. The van der Waals surface area contributed by atoms with Gasteiger partial charge in [-0.25, -0.2) is 0 Å². The molecule has 0 radical (unpaired) electrons. The molecule has 1 unspecified atom stereocenters. The Morgan fingerprint density at radius 3 is 2.70 bits per heavy atom. The fourth-order valence-electron chi connectivity index (χ4n) is 6.65. The number of anilines is 1. The molecule has 0 bridgehead atoms. The Balaban J connectivity index is 0.932. The summed E-state index contributed by atoms with van der Waals surface area (Å²) in [5, 5.41) is 7.96. The lowest BCUT2D eigenvalue weighted by Crippen LogP contribution is -2.39. The third kappa shape index (κ3) is 5.65. The molecule has 244 valence electrons. The molecule has 50 heavy (non-hydrogen) atoms. The van der Waals surface area contributed by atoms with Crippen molar-refractivity contribution in [1.29, 1.82) is 0 Å². The van der Waals surface area contributed by atoms with Crippen molar-refractivity contribution in [3.8, 4) is 34.2 Å². The van der Waals surface area contributed by atoms with Crippen LogP contribution in [0.15, 0.2) is 95.9 Å². The first-order valence-corrected chi connectivity index (χ1v) is 16.2. The first kappa shape index (κ1) is 30.7. The lowest BCUT2D eigenvalue weighted by Gasteiger charge is -2.19. The van der Waals surface area contributed by atoms with Gasteiger partial charge in [-0.15, -0.1) is 0 Å². The van der Waals surface area contributed by atoms with E-state index in [1.807, 2.05) is 54.7 Å². The summed E-state index contributed by atoms with van der Waals surface area (Å²) >= 11 is 0. The molecule has 1 fully saturated rings. The monoisotopic (exact) mass is 659 g/mol. The third-order valence-corrected chi connectivity index (χ3v) is 9.31. The number of imide groups is 1. The van der Waals surface area contributed by atoms with Crippen molar-refractivity contribution < 1.29 is 23.6 Å². The standard InChI is InChI=1S/C40H29N5O5/c1-45-35-12-9-25(17-27(35)19-38(45)47)28-6-2-5-24-18-34(43-21-31(24)28)26-8-11-33(42-20-26)40(49)41-15-3-4-23-7-13-36-30(16-23)32(22-50-36)29-10-14-37(46)44-39(29)48/h2,5-9,11-13,16-18,20-22,29H,10,14-15,19H2,1H3,(H,41,49)(H,44,46,48). The zero-order valence-electron chi connectivity index (χ0n) is 26.9. The van der Waals surface area contributed by atoms with Crippen LogP contribution in [0.25, 0.3) is 44.1 Å². The highest BCUT2D eigenvalue weighted by Crippen LogP contribution is 2.36. The van der Waals surface area contributed by atoms with Gasteiger partial charge in [-0.3, -0.25) is 34.5 Å². The molecule has 2 aliphatic rings. The number of hydrogen-bond donors (Lipinski definition) is 2. The van der Waals surface area contributed by atoms with Gasteiger partial charge in [0.05, 0.1) is 30.8 Å². The topological polar surface area (TPSA) is 134 Å². The summed E-state index contributed by atoms with van der Waals surface area (Å²) in [7, 11) is 1.80. The number of hydrogen-bond acceptors (Lipinski definition) is 7. The van der Waals surface area contributed by atoms with Gasteiger partial charge in [0.2, 0.25) is 17.7 Å². The highest BCUT2D eigenvalue weighted by molar-refractivity contribution is 6.04. The van der Waals surface area contributed by atoms with Gasteiger partial charge in [-0.1, -0.05) is 36.1 Å². The summed E-state index contributed by atoms with van der Waals surface area (Å²) in [6.07, 6.45) is 6.16. The predicted molar refractivity (Wildman–Crippen MR) is 188 cm³/mol. The Morgan fingerprint density at radius 1 is 0.980 bits per heavy atom. The number of aromatic nitrogens is 2. The van der Waals surface area contributed by atoms with Gasteiger partial charge in [0, 0.05) is 59.0 Å². The van der Waals surface area contributed by atoms with E-state index in [0.29, 0.717) is 24.0 Å². The van der Waals surface area contributed by atoms with Crippen LogP contribution >= 0.6 is 0 Å². The second-order valence-corrected chi connectivity index (χ2v) is 12.4. The van der Waals surface area contributed by atoms with Crippen LogP contribution in [-0.4, -0.2) is 47.2 Å². The van der Waals surface area contributed by atoms with Gasteiger partial charge in [0.1, 0.15) is 11.3 Å². The molecule has 2 N–H and O–H groups in total. The molecular weight excluding hydrogens is 630 g/mol. The van der Waals surface area contributed by atoms with Gasteiger partial charge < -0.3 is 14.6 Å². The molecule has 3 aromatic heterocycles. The molecule has 10 nitrogen and oxygen atoms in total. The van der Waals surface area contributed by atoms with E-state index in [1.165, 1.54) is 0 Å². The highest BCUT2D eigenvalue weighted by atomic mass is 16.3.